The van der Waals surface area contributed by atoms with Gasteiger partial charge in [-0.2, -0.15) is 0 Å². The number of alkyl halides is 1. The van der Waals surface area contributed by atoms with Crippen LogP contribution in [0.25, 0.3) is 0 Å². The van der Waals surface area contributed by atoms with Crippen LogP contribution in [0.3, 0.4) is 0 Å². The molecule has 17 heavy (non-hydrogen) atoms. The quantitative estimate of drug-likeness (QED) is 0.574. The molecule has 2 N–H and O–H groups in total. The molecule has 0 aliphatic carbocycles. The number of hydrogen-bond acceptors (Lipinski definition) is 3. The van der Waals surface area contributed by atoms with Crippen LogP contribution in [0.4, 0.5) is 0 Å². The summed E-state index contributed by atoms with van der Waals surface area (Å²) in [7, 11) is 0. The maximum atomic E-state index is 5.76. The Morgan fingerprint density at radius 1 is 1.29 bits per heavy atom. The van der Waals surface area contributed by atoms with Crippen molar-refractivity contribution in [2.45, 2.75) is 19.4 Å². The van der Waals surface area contributed by atoms with Gasteiger partial charge >= 0.3 is 0 Å². The fourth-order valence-electron chi connectivity index (χ4n) is 1.51. The fraction of sp³-hybridized carbons (Fsp3) is 0.538. The number of hydrogen-bond donors (Lipinski definition) is 1. The maximum Gasteiger partial charge on any atom is 0.119 e. The van der Waals surface area contributed by atoms with E-state index in [-0.39, 0.29) is 6.04 Å². The van der Waals surface area contributed by atoms with Gasteiger partial charge in [-0.3, -0.25) is 0 Å². The fourth-order valence-corrected chi connectivity index (χ4v) is 1.62. The lowest BCUT2D eigenvalue weighted by Crippen LogP contribution is -2.17. The summed E-state index contributed by atoms with van der Waals surface area (Å²) in [5.74, 6) is 1.38. The van der Waals surface area contributed by atoms with Gasteiger partial charge in [-0.05, 0) is 31.0 Å². The summed E-state index contributed by atoms with van der Waals surface area (Å²) in [6.07, 6.45) is 0.861. The normalized spacial score (nSPS) is 12.4. The molecule has 0 aliphatic heterocycles. The van der Waals surface area contributed by atoms with Gasteiger partial charge in [-0.15, -0.1) is 11.6 Å². The van der Waals surface area contributed by atoms with Crippen LogP contribution in [-0.2, 0) is 11.2 Å². The second-order valence-corrected chi connectivity index (χ2v) is 4.36. The molecule has 0 bridgehead atoms. The minimum atomic E-state index is 0.164. The van der Waals surface area contributed by atoms with E-state index in [0.29, 0.717) is 25.7 Å². The third-order valence-electron chi connectivity index (χ3n) is 2.17. The van der Waals surface area contributed by atoms with Crippen LogP contribution in [0.2, 0.25) is 0 Å². The molecular weight excluding hydrogens is 238 g/mol. The zero-order chi connectivity index (χ0) is 12.5. The van der Waals surface area contributed by atoms with E-state index >= 15 is 0 Å². The first-order valence-corrected chi connectivity index (χ1v) is 6.37. The molecule has 0 saturated carbocycles. The molecule has 1 atom stereocenters. The average Bonchev–Trinajstić information content (AvgIpc) is 2.28. The predicted octanol–water partition coefficient (Wildman–Crippen LogP) is 2.21. The molecule has 1 rings (SSSR count). The Morgan fingerprint density at radius 2 is 2.12 bits per heavy atom. The summed E-state index contributed by atoms with van der Waals surface area (Å²) in [5.41, 5.74) is 6.95. The highest BCUT2D eigenvalue weighted by Gasteiger charge is 2.00. The van der Waals surface area contributed by atoms with E-state index in [1.807, 2.05) is 25.1 Å². The highest BCUT2D eigenvalue weighted by atomic mass is 35.5. The van der Waals surface area contributed by atoms with Gasteiger partial charge in [0.25, 0.3) is 0 Å². The lowest BCUT2D eigenvalue weighted by atomic mass is 10.1. The zero-order valence-corrected chi connectivity index (χ0v) is 11.0. The molecule has 0 spiro atoms. The van der Waals surface area contributed by atoms with Crippen molar-refractivity contribution in [2.24, 2.45) is 5.73 Å². The topological polar surface area (TPSA) is 44.5 Å². The summed E-state index contributed by atoms with van der Waals surface area (Å²) >= 11 is 5.49. The number of halogens is 1. The molecule has 1 aromatic rings. The highest BCUT2D eigenvalue weighted by Crippen LogP contribution is 2.14. The summed E-state index contributed by atoms with van der Waals surface area (Å²) < 4.78 is 10.8. The smallest absolute Gasteiger partial charge is 0.119 e. The van der Waals surface area contributed by atoms with Crippen LogP contribution in [-0.4, -0.2) is 31.7 Å². The number of rotatable bonds is 8. The predicted molar refractivity (Wildman–Crippen MR) is 70.8 cm³/mol. The largest absolute Gasteiger partial charge is 0.491 e. The Bertz CT molecular complexity index is 318. The Hall–Kier alpha value is -0.770. The minimum Gasteiger partial charge on any atom is -0.491 e. The Morgan fingerprint density at radius 3 is 2.82 bits per heavy atom. The van der Waals surface area contributed by atoms with Gasteiger partial charge in [0.1, 0.15) is 12.4 Å². The highest BCUT2D eigenvalue weighted by molar-refractivity contribution is 6.17. The average molecular weight is 258 g/mol. The van der Waals surface area contributed by atoms with Crippen molar-refractivity contribution in [3.63, 3.8) is 0 Å². The van der Waals surface area contributed by atoms with Gasteiger partial charge in [0.15, 0.2) is 0 Å². The van der Waals surface area contributed by atoms with Gasteiger partial charge in [-0.1, -0.05) is 12.1 Å². The molecule has 0 radical (unpaired) electrons. The standard InChI is InChI=1S/C13H20ClNO2/c1-11(15)9-12-3-2-4-13(10-12)17-8-7-16-6-5-14/h2-4,10-11H,5-9,15H2,1H3. The van der Waals surface area contributed by atoms with Crippen LogP contribution in [0.15, 0.2) is 24.3 Å². The molecule has 1 aromatic carbocycles. The Balaban J connectivity index is 2.32. The third-order valence-corrected chi connectivity index (χ3v) is 2.33. The molecular formula is C13H20ClNO2. The van der Waals surface area contributed by atoms with E-state index in [0.717, 1.165) is 12.2 Å². The number of benzene rings is 1. The lowest BCUT2D eigenvalue weighted by Gasteiger charge is -2.09. The second-order valence-electron chi connectivity index (χ2n) is 3.98. The molecule has 0 aromatic heterocycles. The SMILES string of the molecule is CC(N)Cc1cccc(OCCOCCCl)c1. The maximum absolute atomic E-state index is 5.76. The first kappa shape index (κ1) is 14.3. The third kappa shape index (κ3) is 6.51. The van der Waals surface area contributed by atoms with Crippen molar-refractivity contribution in [2.75, 3.05) is 25.7 Å². The van der Waals surface area contributed by atoms with Crippen LogP contribution in [0.1, 0.15) is 12.5 Å². The van der Waals surface area contributed by atoms with Crippen molar-refractivity contribution in [3.05, 3.63) is 29.8 Å². The molecule has 0 saturated heterocycles. The molecule has 3 nitrogen and oxygen atoms in total. The van der Waals surface area contributed by atoms with Gasteiger partial charge in [0.05, 0.1) is 13.2 Å². The van der Waals surface area contributed by atoms with E-state index in [1.54, 1.807) is 0 Å². The van der Waals surface area contributed by atoms with E-state index in [2.05, 4.69) is 6.07 Å². The van der Waals surface area contributed by atoms with Crippen LogP contribution in [0, 0.1) is 0 Å². The number of nitrogens with two attached hydrogens (primary N) is 1. The van der Waals surface area contributed by atoms with Crippen LogP contribution in [0.5, 0.6) is 5.75 Å². The molecule has 1 unspecified atom stereocenters. The van der Waals surface area contributed by atoms with Crippen molar-refractivity contribution in [1.29, 1.82) is 0 Å². The van der Waals surface area contributed by atoms with E-state index in [4.69, 9.17) is 26.8 Å². The van der Waals surface area contributed by atoms with E-state index in [1.165, 1.54) is 5.56 Å². The zero-order valence-electron chi connectivity index (χ0n) is 10.2. The molecule has 4 heteroatoms. The lowest BCUT2D eigenvalue weighted by molar-refractivity contribution is 0.111. The van der Waals surface area contributed by atoms with Crippen molar-refractivity contribution >= 4 is 11.6 Å². The first-order chi connectivity index (χ1) is 8.22. The molecule has 96 valence electrons. The van der Waals surface area contributed by atoms with Gasteiger partial charge in [0, 0.05) is 11.9 Å². The summed E-state index contributed by atoms with van der Waals surface area (Å²) in [6.45, 7) is 3.66. The van der Waals surface area contributed by atoms with Crippen molar-refractivity contribution < 1.29 is 9.47 Å². The summed E-state index contributed by atoms with van der Waals surface area (Å²) in [4.78, 5) is 0. The van der Waals surface area contributed by atoms with E-state index in [9.17, 15) is 0 Å². The van der Waals surface area contributed by atoms with E-state index < -0.39 is 0 Å². The first-order valence-electron chi connectivity index (χ1n) is 5.83. The monoisotopic (exact) mass is 257 g/mol. The van der Waals surface area contributed by atoms with Crippen LogP contribution < -0.4 is 10.5 Å². The van der Waals surface area contributed by atoms with Gasteiger partial charge in [0.2, 0.25) is 0 Å². The second kappa shape index (κ2) is 8.34. The van der Waals surface area contributed by atoms with Gasteiger partial charge in [-0.25, -0.2) is 0 Å². The summed E-state index contributed by atoms with van der Waals surface area (Å²) in [6, 6.07) is 8.15. The van der Waals surface area contributed by atoms with Crippen LogP contribution >= 0.6 is 11.6 Å². The Kier molecular flexibility index (Phi) is 7.01. The molecule has 0 heterocycles. The molecule has 0 fully saturated rings. The summed E-state index contributed by atoms with van der Waals surface area (Å²) in [5, 5.41) is 0. The number of ether oxygens (including phenoxy) is 2. The van der Waals surface area contributed by atoms with Gasteiger partial charge < -0.3 is 15.2 Å². The van der Waals surface area contributed by atoms with Crippen molar-refractivity contribution in [3.8, 4) is 5.75 Å². The minimum absolute atomic E-state index is 0.164. The Labute approximate surface area is 108 Å². The van der Waals surface area contributed by atoms with Crippen molar-refractivity contribution in [1.82, 2.24) is 0 Å². The molecule has 0 amide bonds. The molecule has 0 aliphatic rings.